The fraction of sp³-hybridized carbons (Fsp3) is 0.279. The van der Waals surface area contributed by atoms with Crippen molar-refractivity contribution in [2.75, 3.05) is 38.8 Å². The average Bonchev–Trinajstić information content (AvgIpc) is 3.21. The first-order valence-corrected chi connectivity index (χ1v) is 18.9. The number of esters is 1. The standard InChI is InChI=1S/C43H40Cl2FN3O6/c1-52-38-16-15-32(21-40(38)53-2)39(22-33-34(44)23-47-24-35(33)45)54-42(50)31-13-11-29(12-14-31)28-9-7-27(8-10-28)25-49(37-6-4-3-5-36(37)46)43(51)55-41-26-48-19-17-30(41)18-20-48/h3-16,21,23-24,30,39,41H,17-20,22,25-26H2,1-2H3/p+1/t39-,41-/m0/s1. The summed E-state index contributed by atoms with van der Waals surface area (Å²) < 4.78 is 38.1. The van der Waals surface area contributed by atoms with Gasteiger partial charge in [-0.1, -0.05) is 77.8 Å². The SMILES string of the molecule is COc1ccc([C@H](Cc2c(Cl)c[nH+]cc2Cl)OC(=O)c2ccc(-c3ccc(CN(C(=O)O[C@H]4CN5CCC4CC5)c4ccccc4F)cc3)cc2)cc1OC. The van der Waals surface area contributed by atoms with Crippen molar-refractivity contribution in [1.29, 1.82) is 0 Å². The van der Waals surface area contributed by atoms with Crippen molar-refractivity contribution >= 4 is 41.0 Å². The number of hydrogen-bond donors (Lipinski definition) is 0. The number of para-hydroxylation sites is 1. The maximum absolute atomic E-state index is 15.0. The van der Waals surface area contributed by atoms with Crippen molar-refractivity contribution in [3.63, 3.8) is 0 Å². The topological polar surface area (TPSA) is 91.7 Å². The van der Waals surface area contributed by atoms with E-state index in [4.69, 9.17) is 42.1 Å². The molecule has 4 aromatic carbocycles. The van der Waals surface area contributed by atoms with Crippen molar-refractivity contribution in [1.82, 2.24) is 4.90 Å². The Bertz CT molecular complexity index is 2120. The third-order valence-corrected chi connectivity index (χ3v) is 11.0. The van der Waals surface area contributed by atoms with Crippen molar-refractivity contribution in [3.05, 3.63) is 142 Å². The number of rotatable bonds is 12. The summed E-state index contributed by atoms with van der Waals surface area (Å²) in [5.41, 5.74) is 4.38. The van der Waals surface area contributed by atoms with Gasteiger partial charge in [0.15, 0.2) is 23.9 Å². The highest BCUT2D eigenvalue weighted by molar-refractivity contribution is 6.35. The number of benzene rings is 4. The first-order valence-electron chi connectivity index (χ1n) is 18.1. The molecule has 2 bridgehead atoms. The minimum absolute atomic E-state index is 0.130. The molecule has 8 rings (SSSR count). The Morgan fingerprint density at radius 1 is 0.873 bits per heavy atom. The molecule has 284 valence electrons. The van der Waals surface area contributed by atoms with Gasteiger partial charge in [0, 0.05) is 18.5 Å². The number of nitrogens with one attached hydrogen (secondary N) is 1. The van der Waals surface area contributed by atoms with Crippen LogP contribution >= 0.6 is 23.2 Å². The summed E-state index contributed by atoms with van der Waals surface area (Å²) in [5, 5.41) is 0.822. The minimum Gasteiger partial charge on any atom is -0.493 e. The quantitative estimate of drug-likeness (QED) is 0.117. The van der Waals surface area contributed by atoms with Crippen molar-refractivity contribution < 1.29 is 37.9 Å². The Labute approximate surface area is 329 Å². The summed E-state index contributed by atoms with van der Waals surface area (Å²) in [5.74, 6) is 0.323. The maximum atomic E-state index is 15.0. The third kappa shape index (κ3) is 8.72. The first-order chi connectivity index (χ1) is 26.7. The van der Waals surface area contributed by atoms with Gasteiger partial charge in [-0.05, 0) is 90.5 Å². The second-order valence-electron chi connectivity index (χ2n) is 13.7. The first kappa shape index (κ1) is 38.1. The number of nitrogens with zero attached hydrogens (tertiary/aromatic N) is 2. The van der Waals surface area contributed by atoms with Gasteiger partial charge in [0.25, 0.3) is 0 Å². The number of pyridine rings is 1. The molecular weight excluding hydrogens is 744 g/mol. The summed E-state index contributed by atoms with van der Waals surface area (Å²) in [6, 6.07) is 26.3. The molecule has 1 N–H and O–H groups in total. The second-order valence-corrected chi connectivity index (χ2v) is 14.5. The van der Waals surface area contributed by atoms with E-state index in [0.29, 0.717) is 50.7 Å². The van der Waals surface area contributed by atoms with E-state index >= 15 is 4.39 Å². The van der Waals surface area contributed by atoms with Crippen LogP contribution < -0.4 is 19.4 Å². The molecule has 3 fully saturated rings. The van der Waals surface area contributed by atoms with E-state index in [2.05, 4.69) is 9.88 Å². The number of amides is 1. The molecular formula is C43H41Cl2FN3O6+. The Kier molecular flexibility index (Phi) is 11.9. The molecule has 3 aliphatic rings. The predicted octanol–water partition coefficient (Wildman–Crippen LogP) is 9.01. The second kappa shape index (κ2) is 17.1. The van der Waals surface area contributed by atoms with Crippen LogP contribution in [0.25, 0.3) is 11.1 Å². The van der Waals surface area contributed by atoms with Crippen molar-refractivity contribution in [2.24, 2.45) is 5.92 Å². The van der Waals surface area contributed by atoms with Gasteiger partial charge in [0.1, 0.15) is 28.1 Å². The number of carbonyl (C=O) groups excluding carboxylic acids is 2. The smallest absolute Gasteiger partial charge is 0.415 e. The van der Waals surface area contributed by atoms with E-state index in [9.17, 15) is 9.59 Å². The molecule has 1 aromatic heterocycles. The fourth-order valence-corrected chi connectivity index (χ4v) is 7.81. The van der Waals surface area contributed by atoms with Crippen LogP contribution in [0.2, 0.25) is 10.0 Å². The monoisotopic (exact) mass is 784 g/mol. The van der Waals surface area contributed by atoms with Crippen LogP contribution in [0.1, 0.15) is 46.0 Å². The number of hydrogen-bond acceptors (Lipinski definition) is 7. The van der Waals surface area contributed by atoms with E-state index < -0.39 is 24.0 Å². The highest BCUT2D eigenvalue weighted by atomic mass is 35.5. The molecule has 3 saturated heterocycles. The zero-order chi connectivity index (χ0) is 38.5. The number of fused-ring (bicyclic) bond motifs is 3. The van der Waals surface area contributed by atoms with Crippen LogP contribution in [-0.4, -0.2) is 56.9 Å². The average molecular weight is 786 g/mol. The normalized spacial score (nSPS) is 17.9. The number of H-pyrrole nitrogens is 1. The third-order valence-electron chi connectivity index (χ3n) is 10.4. The Morgan fingerprint density at radius 3 is 2.15 bits per heavy atom. The van der Waals surface area contributed by atoms with Gasteiger partial charge < -0.3 is 18.9 Å². The highest BCUT2D eigenvalue weighted by Crippen LogP contribution is 2.36. The molecule has 55 heavy (non-hydrogen) atoms. The lowest BCUT2D eigenvalue weighted by Crippen LogP contribution is -2.53. The number of anilines is 1. The van der Waals surface area contributed by atoms with Gasteiger partial charge in [0.2, 0.25) is 0 Å². The molecule has 2 atom stereocenters. The zero-order valence-corrected chi connectivity index (χ0v) is 32.0. The van der Waals surface area contributed by atoms with Gasteiger partial charge in [-0.2, -0.15) is 0 Å². The molecule has 0 radical (unpaired) electrons. The van der Waals surface area contributed by atoms with E-state index in [-0.39, 0.29) is 24.8 Å². The largest absolute Gasteiger partial charge is 0.493 e. The summed E-state index contributed by atoms with van der Waals surface area (Å²) in [6.07, 6.45) is 3.93. The lowest BCUT2D eigenvalue weighted by atomic mass is 9.86. The van der Waals surface area contributed by atoms with Crippen LogP contribution in [-0.2, 0) is 22.4 Å². The van der Waals surface area contributed by atoms with Crippen molar-refractivity contribution in [3.8, 4) is 22.6 Å². The molecule has 3 aliphatic heterocycles. The summed E-state index contributed by atoms with van der Waals surface area (Å²) in [6.45, 7) is 2.89. The Morgan fingerprint density at radius 2 is 1.53 bits per heavy atom. The number of ether oxygens (including phenoxy) is 4. The van der Waals surface area contributed by atoms with E-state index in [0.717, 1.165) is 42.6 Å². The number of halogens is 3. The van der Waals surface area contributed by atoms with Crippen LogP contribution in [0.4, 0.5) is 14.9 Å². The molecule has 0 spiro atoms. The predicted molar refractivity (Wildman–Crippen MR) is 208 cm³/mol. The lowest BCUT2D eigenvalue weighted by Gasteiger charge is -2.44. The molecule has 0 aliphatic carbocycles. The Hall–Kier alpha value is -5.16. The minimum atomic E-state index is -0.756. The van der Waals surface area contributed by atoms with E-state index in [1.165, 1.54) is 18.1 Å². The number of aromatic nitrogens is 1. The number of methoxy groups -OCH3 is 2. The van der Waals surface area contributed by atoms with Crippen LogP contribution in [0, 0.1) is 11.7 Å². The molecule has 1 amide bonds. The number of carbonyl (C=O) groups is 2. The van der Waals surface area contributed by atoms with Gasteiger partial charge >= 0.3 is 12.1 Å². The van der Waals surface area contributed by atoms with Crippen molar-refractivity contribution in [2.45, 2.75) is 38.0 Å². The van der Waals surface area contributed by atoms with Gasteiger partial charge in [0.05, 0.1) is 32.0 Å². The van der Waals surface area contributed by atoms with Crippen LogP contribution in [0.15, 0.2) is 103 Å². The van der Waals surface area contributed by atoms with Gasteiger partial charge in [-0.3, -0.25) is 9.80 Å². The Balaban J connectivity index is 1.06. The summed E-state index contributed by atoms with van der Waals surface area (Å²) in [7, 11) is 3.09. The number of piperidine rings is 3. The van der Waals surface area contributed by atoms with E-state index in [1.807, 2.05) is 36.4 Å². The summed E-state index contributed by atoms with van der Waals surface area (Å²) in [4.78, 5) is 33.8. The fourth-order valence-electron chi connectivity index (χ4n) is 7.27. The molecule has 9 nitrogen and oxygen atoms in total. The maximum Gasteiger partial charge on any atom is 0.415 e. The highest BCUT2D eigenvalue weighted by Gasteiger charge is 2.38. The van der Waals surface area contributed by atoms with Gasteiger partial charge in [-0.25, -0.2) is 19.0 Å². The molecule has 12 heteroatoms. The number of aromatic amines is 1. The molecule has 5 aromatic rings. The van der Waals surface area contributed by atoms with Gasteiger partial charge in [-0.15, -0.1) is 0 Å². The zero-order valence-electron chi connectivity index (χ0n) is 30.5. The van der Waals surface area contributed by atoms with Crippen LogP contribution in [0.3, 0.4) is 0 Å². The lowest BCUT2D eigenvalue weighted by molar-refractivity contribution is -0.377. The molecule has 0 saturated carbocycles. The van der Waals surface area contributed by atoms with E-state index in [1.54, 1.807) is 68.0 Å². The van der Waals surface area contributed by atoms with Crippen LogP contribution in [0.5, 0.6) is 11.5 Å². The molecule has 4 heterocycles. The summed E-state index contributed by atoms with van der Waals surface area (Å²) >= 11 is 13.0. The molecule has 0 unspecified atom stereocenters.